The number of hydrogen-bond acceptors (Lipinski definition) is 8. The van der Waals surface area contributed by atoms with Crippen molar-refractivity contribution in [1.82, 2.24) is 15.0 Å². The van der Waals surface area contributed by atoms with Gasteiger partial charge in [-0.1, -0.05) is 79.8 Å². The number of aliphatic hydroxyl groups excluding tert-OH is 1. The molecule has 46 heavy (non-hydrogen) atoms. The smallest absolute Gasteiger partial charge is 0.336 e. The lowest BCUT2D eigenvalue weighted by Crippen LogP contribution is -2.60. The van der Waals surface area contributed by atoms with E-state index in [-0.39, 0.29) is 29.5 Å². The number of esters is 1. The van der Waals surface area contributed by atoms with Crippen molar-refractivity contribution in [2.45, 2.75) is 77.6 Å². The van der Waals surface area contributed by atoms with Gasteiger partial charge in [0.05, 0.1) is 31.0 Å². The highest BCUT2D eigenvalue weighted by atomic mass is 16.7. The molecule has 2 aliphatic carbocycles. The number of fused-ring (bicyclic) bond motifs is 3. The van der Waals surface area contributed by atoms with Gasteiger partial charge in [-0.3, -0.25) is 0 Å². The fraction of sp³-hybridized carbons (Fsp3) is 0.486. The molecule has 0 spiro atoms. The first-order chi connectivity index (χ1) is 22.2. The van der Waals surface area contributed by atoms with Gasteiger partial charge >= 0.3 is 5.97 Å². The van der Waals surface area contributed by atoms with Gasteiger partial charge in [-0.2, -0.15) is 0 Å². The molecule has 2 aromatic carbocycles. The second-order valence-electron chi connectivity index (χ2n) is 13.9. The molecule has 2 saturated heterocycles. The number of aliphatic hydroxyl groups is 1. The topological polar surface area (TPSA) is 105 Å². The van der Waals surface area contributed by atoms with Crippen LogP contribution in [0.1, 0.15) is 69.1 Å². The number of nitrogens with zero attached hydrogens (tertiary/aromatic N) is 3. The average Bonchev–Trinajstić information content (AvgIpc) is 3.64. The highest BCUT2D eigenvalue weighted by Crippen LogP contribution is 2.64. The molecule has 9 nitrogen and oxygen atoms in total. The molecule has 1 aromatic heterocycles. The summed E-state index contributed by atoms with van der Waals surface area (Å²) in [5.74, 6) is 0.943. The second kappa shape index (κ2) is 12.4. The SMILES string of the molecule is C=C1CCC2[C@](C)(CC[C@H]3OC(c4ccc(OCc5cn(Cc6ccccc6)nn5)cc4)OC[C@@]23C)[C@@H]1C/C=C1/C(=O)OC[C@H]1O. The van der Waals surface area contributed by atoms with E-state index in [4.69, 9.17) is 18.9 Å². The quantitative estimate of drug-likeness (QED) is 0.186. The molecule has 9 heteroatoms. The summed E-state index contributed by atoms with van der Waals surface area (Å²) in [5, 5.41) is 18.7. The first kappa shape index (κ1) is 30.8. The van der Waals surface area contributed by atoms with Gasteiger partial charge < -0.3 is 24.1 Å². The van der Waals surface area contributed by atoms with Gasteiger partial charge in [0.2, 0.25) is 0 Å². The Hall–Kier alpha value is -3.79. The van der Waals surface area contributed by atoms with Crippen LogP contribution in [0.2, 0.25) is 0 Å². The highest BCUT2D eigenvalue weighted by molar-refractivity contribution is 5.91. The molecule has 4 aliphatic rings. The van der Waals surface area contributed by atoms with E-state index in [1.54, 1.807) is 0 Å². The fourth-order valence-corrected chi connectivity index (χ4v) is 8.50. The van der Waals surface area contributed by atoms with Crippen molar-refractivity contribution in [2.24, 2.45) is 22.7 Å². The van der Waals surface area contributed by atoms with Gasteiger partial charge in [0.25, 0.3) is 0 Å². The second-order valence-corrected chi connectivity index (χ2v) is 13.9. The third-order valence-electron chi connectivity index (χ3n) is 11.0. The molecule has 2 unspecified atom stereocenters. The molecule has 2 saturated carbocycles. The first-order valence-corrected chi connectivity index (χ1v) is 16.4. The molecule has 242 valence electrons. The van der Waals surface area contributed by atoms with Crippen LogP contribution in [0.4, 0.5) is 0 Å². The highest BCUT2D eigenvalue weighted by Gasteiger charge is 2.60. The van der Waals surface area contributed by atoms with Crippen molar-refractivity contribution in [2.75, 3.05) is 13.2 Å². The van der Waals surface area contributed by atoms with E-state index < -0.39 is 18.4 Å². The van der Waals surface area contributed by atoms with Crippen LogP contribution in [-0.2, 0) is 32.2 Å². The summed E-state index contributed by atoms with van der Waals surface area (Å²) >= 11 is 0. The molecule has 7 rings (SSSR count). The zero-order valence-corrected chi connectivity index (χ0v) is 26.6. The Morgan fingerprint density at radius 3 is 2.67 bits per heavy atom. The Morgan fingerprint density at radius 2 is 1.91 bits per heavy atom. The minimum Gasteiger partial charge on any atom is -0.487 e. The number of carbonyl (C=O) groups is 1. The van der Waals surface area contributed by atoms with Crippen LogP contribution in [0.3, 0.4) is 0 Å². The molecular weight excluding hydrogens is 582 g/mol. The van der Waals surface area contributed by atoms with E-state index >= 15 is 0 Å². The number of aromatic nitrogens is 3. The summed E-state index contributed by atoms with van der Waals surface area (Å²) in [7, 11) is 0. The predicted octanol–water partition coefficient (Wildman–Crippen LogP) is 5.94. The molecule has 0 amide bonds. The number of benzene rings is 2. The number of carbonyl (C=O) groups excluding carboxylic acids is 1. The lowest BCUT2D eigenvalue weighted by atomic mass is 9.46. The van der Waals surface area contributed by atoms with Crippen molar-refractivity contribution < 1.29 is 28.8 Å². The summed E-state index contributed by atoms with van der Waals surface area (Å²) in [4.78, 5) is 12.1. The van der Waals surface area contributed by atoms with Crippen molar-refractivity contribution in [3.8, 4) is 5.75 Å². The van der Waals surface area contributed by atoms with Crippen LogP contribution in [0, 0.1) is 22.7 Å². The van der Waals surface area contributed by atoms with Gasteiger partial charge in [-0.05, 0) is 67.1 Å². The van der Waals surface area contributed by atoms with Crippen LogP contribution in [0.25, 0.3) is 0 Å². The number of ether oxygens (including phenoxy) is 4. The zero-order chi connectivity index (χ0) is 31.9. The first-order valence-electron chi connectivity index (χ1n) is 16.4. The van der Waals surface area contributed by atoms with E-state index in [2.05, 4.69) is 42.9 Å². The summed E-state index contributed by atoms with van der Waals surface area (Å²) in [6.45, 7) is 10.8. The number of cyclic esters (lactones) is 1. The lowest BCUT2D eigenvalue weighted by molar-refractivity contribution is -0.307. The minimum absolute atomic E-state index is 0.00342. The van der Waals surface area contributed by atoms with Crippen LogP contribution in [0.15, 0.2) is 84.6 Å². The van der Waals surface area contributed by atoms with Gasteiger partial charge in [-0.15, -0.1) is 5.10 Å². The normalized spacial score (nSPS) is 33.4. The predicted molar refractivity (Wildman–Crippen MR) is 170 cm³/mol. The van der Waals surface area contributed by atoms with Crippen molar-refractivity contribution in [3.63, 3.8) is 0 Å². The van der Waals surface area contributed by atoms with Gasteiger partial charge in [0, 0.05) is 11.0 Å². The fourth-order valence-electron chi connectivity index (χ4n) is 8.50. The van der Waals surface area contributed by atoms with E-state index in [1.165, 1.54) is 11.1 Å². The molecule has 2 aliphatic heterocycles. The molecule has 3 heterocycles. The Bertz CT molecular complexity index is 1600. The molecule has 0 bridgehead atoms. The number of rotatable bonds is 8. The molecule has 7 atom stereocenters. The van der Waals surface area contributed by atoms with Crippen LogP contribution in [-0.4, -0.2) is 51.5 Å². The third-order valence-corrected chi connectivity index (χ3v) is 11.0. The van der Waals surface area contributed by atoms with Gasteiger partial charge in [-0.25, -0.2) is 9.48 Å². The van der Waals surface area contributed by atoms with Crippen LogP contribution in [0.5, 0.6) is 5.75 Å². The van der Waals surface area contributed by atoms with Crippen LogP contribution < -0.4 is 4.74 Å². The van der Waals surface area contributed by atoms with E-state index in [9.17, 15) is 9.90 Å². The number of hydrogen-bond donors (Lipinski definition) is 1. The van der Waals surface area contributed by atoms with Gasteiger partial charge in [0.15, 0.2) is 6.29 Å². The number of allylic oxidation sites excluding steroid dienone is 2. The van der Waals surface area contributed by atoms with E-state index in [0.29, 0.717) is 37.7 Å². The third kappa shape index (κ3) is 5.80. The van der Waals surface area contributed by atoms with Crippen molar-refractivity contribution in [3.05, 3.63) is 101 Å². The zero-order valence-electron chi connectivity index (χ0n) is 26.6. The Balaban J connectivity index is 0.970. The molecule has 4 fully saturated rings. The Labute approximate surface area is 270 Å². The van der Waals surface area contributed by atoms with Crippen molar-refractivity contribution >= 4 is 5.97 Å². The summed E-state index contributed by atoms with van der Waals surface area (Å²) in [5.41, 5.74) is 4.38. The molecule has 0 radical (unpaired) electrons. The van der Waals surface area contributed by atoms with E-state index in [1.807, 2.05) is 59.4 Å². The Morgan fingerprint density at radius 1 is 1.11 bits per heavy atom. The molecule has 1 N–H and O–H groups in total. The van der Waals surface area contributed by atoms with E-state index in [0.717, 1.165) is 42.7 Å². The standard InChI is InChI=1S/C37H43N3O6/c1-24-9-16-32-36(2,30(24)15-14-29-31(41)22-44-34(29)42)18-17-33-37(32,3)23-45-35(46-33)26-10-12-28(13-11-26)43-21-27-20-40(39-38-27)19-25-7-5-4-6-8-25/h4-8,10-14,20,30-33,35,41H,1,9,15-19,21-23H2,2-3H3/b29-14+/t30-,31-,32?,33-,35?,36-,37+/m1/s1. The largest absolute Gasteiger partial charge is 0.487 e. The van der Waals surface area contributed by atoms with Crippen LogP contribution >= 0.6 is 0 Å². The monoisotopic (exact) mass is 625 g/mol. The molecular formula is C37H43N3O6. The summed E-state index contributed by atoms with van der Waals surface area (Å²) in [6, 6.07) is 18.1. The summed E-state index contributed by atoms with van der Waals surface area (Å²) in [6.07, 6.45) is 7.22. The molecule has 3 aromatic rings. The maximum absolute atomic E-state index is 12.1. The Kier molecular flexibility index (Phi) is 8.34. The minimum atomic E-state index is -0.841. The summed E-state index contributed by atoms with van der Waals surface area (Å²) < 4.78 is 26.0. The van der Waals surface area contributed by atoms with Crippen molar-refractivity contribution in [1.29, 1.82) is 0 Å². The van der Waals surface area contributed by atoms with Gasteiger partial charge in [0.1, 0.15) is 30.8 Å². The lowest BCUT2D eigenvalue weighted by Gasteiger charge is -2.62. The maximum Gasteiger partial charge on any atom is 0.336 e. The maximum atomic E-state index is 12.1. The average molecular weight is 626 g/mol.